The molecule has 2 N–H and O–H groups in total. The predicted molar refractivity (Wildman–Crippen MR) is 81.2 cm³/mol. The van der Waals surface area contributed by atoms with Crippen LogP contribution in [0.25, 0.3) is 11.1 Å². The van der Waals surface area contributed by atoms with Crippen molar-refractivity contribution >= 4 is 6.29 Å². The maximum atomic E-state index is 12.5. The monoisotopic (exact) mass is 298 g/mol. The number of aryl methyl sites for hydroxylation is 1. The number of nitrogens with zero attached hydrogens (tertiary/aromatic N) is 2. The van der Waals surface area contributed by atoms with Crippen LogP contribution in [0, 0.1) is 0 Å². The number of aldehydes is 1. The van der Waals surface area contributed by atoms with E-state index < -0.39 is 6.17 Å². The molecule has 0 aromatic carbocycles. The zero-order chi connectivity index (χ0) is 15.7. The van der Waals surface area contributed by atoms with E-state index >= 15 is 0 Å². The van der Waals surface area contributed by atoms with Gasteiger partial charge in [0.25, 0.3) is 5.56 Å². The standard InChI is InChI=1S/C15H14N4O3/c1-18-8-11(3-5-14(18)21)12-7-17-19(15(12)22)13-4-2-10(9-20)6-16-13/h2-9,13,16-17H,1H3. The SMILES string of the molecule is Cn1cc(-c2c[nH]n(C3C=CC(C=O)=CN3)c2=O)ccc1=O. The van der Waals surface area contributed by atoms with Gasteiger partial charge in [-0.2, -0.15) is 0 Å². The molecule has 1 aliphatic heterocycles. The first-order valence-electron chi connectivity index (χ1n) is 6.67. The summed E-state index contributed by atoms with van der Waals surface area (Å²) in [4.78, 5) is 34.6. The number of rotatable bonds is 3. The molecular weight excluding hydrogens is 284 g/mol. The number of hydrogen-bond acceptors (Lipinski definition) is 4. The van der Waals surface area contributed by atoms with Gasteiger partial charge in [-0.05, 0) is 12.1 Å². The van der Waals surface area contributed by atoms with Crippen LogP contribution >= 0.6 is 0 Å². The molecule has 0 bridgehead atoms. The molecule has 0 saturated carbocycles. The first kappa shape index (κ1) is 13.9. The van der Waals surface area contributed by atoms with E-state index in [1.807, 2.05) is 0 Å². The second-order valence-electron chi connectivity index (χ2n) is 4.96. The molecule has 3 rings (SSSR count). The number of aromatic amines is 1. The molecule has 7 nitrogen and oxygen atoms in total. The first-order valence-corrected chi connectivity index (χ1v) is 6.67. The highest BCUT2D eigenvalue weighted by molar-refractivity contribution is 5.77. The minimum atomic E-state index is -0.391. The Morgan fingerprint density at radius 2 is 2.09 bits per heavy atom. The summed E-state index contributed by atoms with van der Waals surface area (Å²) in [6.45, 7) is 0. The van der Waals surface area contributed by atoms with Crippen LogP contribution in [0.15, 0.2) is 58.0 Å². The van der Waals surface area contributed by atoms with Crippen molar-refractivity contribution in [2.75, 3.05) is 0 Å². The number of nitrogens with one attached hydrogen (secondary N) is 2. The van der Waals surface area contributed by atoms with Crippen LogP contribution in [-0.2, 0) is 11.8 Å². The molecule has 0 aliphatic carbocycles. The zero-order valence-corrected chi connectivity index (χ0v) is 11.8. The topological polar surface area (TPSA) is 88.9 Å². The fourth-order valence-corrected chi connectivity index (χ4v) is 2.27. The number of pyridine rings is 1. The van der Waals surface area contributed by atoms with E-state index in [1.165, 1.54) is 15.3 Å². The Bertz CT molecular complexity index is 898. The number of aromatic nitrogens is 3. The molecule has 112 valence electrons. The highest BCUT2D eigenvalue weighted by Crippen LogP contribution is 2.15. The summed E-state index contributed by atoms with van der Waals surface area (Å²) in [7, 11) is 1.63. The van der Waals surface area contributed by atoms with E-state index in [9.17, 15) is 14.4 Å². The molecule has 1 aliphatic rings. The summed E-state index contributed by atoms with van der Waals surface area (Å²) in [5.74, 6) is 0. The van der Waals surface area contributed by atoms with E-state index in [4.69, 9.17) is 0 Å². The van der Waals surface area contributed by atoms with Gasteiger partial charge in [-0.1, -0.05) is 6.08 Å². The van der Waals surface area contributed by atoms with E-state index in [-0.39, 0.29) is 11.1 Å². The lowest BCUT2D eigenvalue weighted by Crippen LogP contribution is -2.31. The molecule has 2 aromatic rings. The molecule has 7 heteroatoms. The Balaban J connectivity index is 1.96. The van der Waals surface area contributed by atoms with E-state index in [1.54, 1.807) is 43.9 Å². The average molecular weight is 298 g/mol. The van der Waals surface area contributed by atoms with Crippen molar-refractivity contribution in [2.45, 2.75) is 6.17 Å². The van der Waals surface area contributed by atoms with Crippen LogP contribution in [0.5, 0.6) is 0 Å². The van der Waals surface area contributed by atoms with Gasteiger partial charge in [-0.25, -0.2) is 4.68 Å². The molecule has 0 saturated heterocycles. The van der Waals surface area contributed by atoms with Crippen LogP contribution in [-0.4, -0.2) is 20.6 Å². The van der Waals surface area contributed by atoms with Crippen LogP contribution in [0.2, 0.25) is 0 Å². The fraction of sp³-hybridized carbons (Fsp3) is 0.133. The predicted octanol–water partition coefficient (Wildman–Crippen LogP) is 0.283. The van der Waals surface area contributed by atoms with Gasteiger partial charge in [0, 0.05) is 42.8 Å². The number of carbonyl (C=O) groups is 1. The second kappa shape index (κ2) is 5.36. The Labute approximate surface area is 125 Å². The van der Waals surface area contributed by atoms with Gasteiger partial charge >= 0.3 is 0 Å². The first-order chi connectivity index (χ1) is 10.6. The van der Waals surface area contributed by atoms with Crippen molar-refractivity contribution in [3.8, 4) is 11.1 Å². The Morgan fingerprint density at radius 1 is 1.27 bits per heavy atom. The second-order valence-corrected chi connectivity index (χ2v) is 4.96. The number of dihydropyridines is 1. The quantitative estimate of drug-likeness (QED) is 0.797. The van der Waals surface area contributed by atoms with Crippen molar-refractivity contribution in [3.63, 3.8) is 0 Å². The Morgan fingerprint density at radius 3 is 2.73 bits per heavy atom. The Kier molecular flexibility index (Phi) is 3.38. The largest absolute Gasteiger partial charge is 0.366 e. The maximum absolute atomic E-state index is 12.5. The molecule has 0 amide bonds. The molecular formula is C15H14N4O3. The van der Waals surface area contributed by atoms with Crippen molar-refractivity contribution < 1.29 is 4.79 Å². The summed E-state index contributed by atoms with van der Waals surface area (Å²) >= 11 is 0. The smallest absolute Gasteiger partial charge is 0.276 e. The third-order valence-corrected chi connectivity index (χ3v) is 3.50. The van der Waals surface area contributed by atoms with E-state index in [0.717, 1.165) is 6.29 Å². The molecule has 0 fully saturated rings. The van der Waals surface area contributed by atoms with Crippen molar-refractivity contribution in [1.82, 2.24) is 19.7 Å². The van der Waals surface area contributed by atoms with Crippen molar-refractivity contribution in [2.24, 2.45) is 7.05 Å². The zero-order valence-electron chi connectivity index (χ0n) is 11.8. The number of allylic oxidation sites excluding steroid dienone is 2. The third kappa shape index (κ3) is 2.32. The fourth-order valence-electron chi connectivity index (χ4n) is 2.27. The van der Waals surface area contributed by atoms with Gasteiger partial charge < -0.3 is 9.88 Å². The van der Waals surface area contributed by atoms with E-state index in [2.05, 4.69) is 10.4 Å². The molecule has 0 radical (unpaired) electrons. The van der Waals surface area contributed by atoms with Gasteiger partial charge in [-0.15, -0.1) is 0 Å². The normalized spacial score (nSPS) is 17.0. The highest BCUT2D eigenvalue weighted by Gasteiger charge is 2.16. The summed E-state index contributed by atoms with van der Waals surface area (Å²) in [6.07, 6.45) is 8.46. The Hall–Kier alpha value is -3.09. The lowest BCUT2D eigenvalue weighted by atomic mass is 10.1. The summed E-state index contributed by atoms with van der Waals surface area (Å²) < 4.78 is 2.83. The van der Waals surface area contributed by atoms with E-state index in [0.29, 0.717) is 16.7 Å². The van der Waals surface area contributed by atoms with Gasteiger partial charge in [0.1, 0.15) is 6.17 Å². The number of H-pyrrole nitrogens is 1. The average Bonchev–Trinajstić information content (AvgIpc) is 2.92. The van der Waals surface area contributed by atoms with Gasteiger partial charge in [0.05, 0.1) is 5.56 Å². The lowest BCUT2D eigenvalue weighted by Gasteiger charge is -2.17. The van der Waals surface area contributed by atoms with Crippen molar-refractivity contribution in [3.05, 3.63) is 69.2 Å². The van der Waals surface area contributed by atoms with Gasteiger partial charge in [0.2, 0.25) is 5.56 Å². The molecule has 1 unspecified atom stereocenters. The van der Waals surface area contributed by atoms with Crippen LogP contribution in [0.1, 0.15) is 6.17 Å². The number of hydrogen-bond donors (Lipinski definition) is 2. The summed E-state index contributed by atoms with van der Waals surface area (Å²) in [6, 6.07) is 3.04. The minimum absolute atomic E-state index is 0.136. The molecule has 22 heavy (non-hydrogen) atoms. The van der Waals surface area contributed by atoms with Gasteiger partial charge in [0.15, 0.2) is 6.29 Å². The van der Waals surface area contributed by atoms with Crippen LogP contribution in [0.3, 0.4) is 0 Å². The number of carbonyl (C=O) groups excluding carboxylic acids is 1. The summed E-state index contributed by atoms with van der Waals surface area (Å²) in [5, 5.41) is 5.85. The molecule has 1 atom stereocenters. The van der Waals surface area contributed by atoms with Crippen LogP contribution < -0.4 is 16.4 Å². The molecule has 3 heterocycles. The van der Waals surface area contributed by atoms with Gasteiger partial charge in [-0.3, -0.25) is 19.5 Å². The van der Waals surface area contributed by atoms with Crippen molar-refractivity contribution in [1.29, 1.82) is 0 Å². The molecule has 2 aromatic heterocycles. The lowest BCUT2D eigenvalue weighted by molar-refractivity contribution is -0.104. The molecule has 0 spiro atoms. The maximum Gasteiger partial charge on any atom is 0.276 e. The van der Waals surface area contributed by atoms with Crippen LogP contribution in [0.4, 0.5) is 0 Å². The minimum Gasteiger partial charge on any atom is -0.366 e. The third-order valence-electron chi connectivity index (χ3n) is 3.50. The highest BCUT2D eigenvalue weighted by atomic mass is 16.1. The summed E-state index contributed by atoms with van der Waals surface area (Å²) in [5.41, 5.74) is 1.28.